The van der Waals surface area contributed by atoms with Crippen molar-refractivity contribution in [3.05, 3.63) is 35.4 Å². The Balaban J connectivity index is 2.31. The summed E-state index contributed by atoms with van der Waals surface area (Å²) in [6.45, 7) is 0. The molecule has 1 aliphatic rings. The van der Waals surface area contributed by atoms with Crippen molar-refractivity contribution >= 4 is 11.5 Å². The summed E-state index contributed by atoms with van der Waals surface area (Å²) >= 11 is 0. The minimum atomic E-state index is -0.541. The van der Waals surface area contributed by atoms with Crippen LogP contribution in [0, 0.1) is 0 Å². The van der Waals surface area contributed by atoms with Crippen molar-refractivity contribution in [3.8, 4) is 5.75 Å². The van der Waals surface area contributed by atoms with Crippen molar-refractivity contribution < 1.29 is 23.7 Å². The molecule has 0 N–H and O–H groups in total. The lowest BCUT2D eigenvalue weighted by molar-refractivity contribution is -0.208. The van der Waals surface area contributed by atoms with Crippen LogP contribution in [-0.4, -0.2) is 40.2 Å². The van der Waals surface area contributed by atoms with E-state index in [9.17, 15) is 4.79 Å². The zero-order valence-electron chi connectivity index (χ0n) is 13.5. The Morgan fingerprint density at radius 3 is 2.36 bits per heavy atom. The zero-order valence-corrected chi connectivity index (χ0v) is 13.5. The summed E-state index contributed by atoms with van der Waals surface area (Å²) in [7, 11) is 6.21. The first-order valence-corrected chi connectivity index (χ1v) is 7.15. The number of methoxy groups -OCH3 is 4. The average molecular weight is 306 g/mol. The number of hydrogen-bond donors (Lipinski definition) is 0. The Morgan fingerprint density at radius 1 is 1.14 bits per heavy atom. The quantitative estimate of drug-likeness (QED) is 0.618. The second-order valence-electron chi connectivity index (χ2n) is 5.16. The molecule has 1 aromatic rings. The molecule has 0 atom stereocenters. The number of benzene rings is 1. The normalized spacial score (nSPS) is 16.8. The number of carbonyl (C=O) groups excluding carboxylic acids is 1. The monoisotopic (exact) mass is 306 g/mol. The van der Waals surface area contributed by atoms with E-state index in [1.165, 1.54) is 14.2 Å². The molecule has 0 unspecified atom stereocenters. The third kappa shape index (κ3) is 3.15. The summed E-state index contributed by atoms with van der Waals surface area (Å²) in [5.74, 6) is -0.436. The van der Waals surface area contributed by atoms with Crippen LogP contribution in [0.2, 0.25) is 0 Å². The predicted octanol–water partition coefficient (Wildman–Crippen LogP) is 3.04. The topological polar surface area (TPSA) is 54.0 Å². The van der Waals surface area contributed by atoms with Gasteiger partial charge in [0.15, 0.2) is 5.79 Å². The highest BCUT2D eigenvalue weighted by Crippen LogP contribution is 2.36. The number of carbonyl (C=O) groups is 1. The molecule has 0 aliphatic heterocycles. The summed E-state index contributed by atoms with van der Waals surface area (Å²) in [5, 5.41) is 0. The van der Waals surface area contributed by atoms with Crippen LogP contribution in [0.4, 0.5) is 0 Å². The second kappa shape index (κ2) is 6.94. The van der Waals surface area contributed by atoms with Gasteiger partial charge in [-0.15, -0.1) is 0 Å². The van der Waals surface area contributed by atoms with Crippen molar-refractivity contribution in [2.45, 2.75) is 25.0 Å². The lowest BCUT2D eigenvalue weighted by Gasteiger charge is -2.33. The largest absolute Gasteiger partial charge is 0.496 e. The first kappa shape index (κ1) is 16.5. The Labute approximate surface area is 130 Å². The number of ether oxygens (including phenoxy) is 4. The van der Waals surface area contributed by atoms with Crippen LogP contribution in [0.15, 0.2) is 24.3 Å². The van der Waals surface area contributed by atoms with E-state index in [0.29, 0.717) is 17.7 Å². The average Bonchev–Trinajstić information content (AvgIpc) is 2.60. The fraction of sp³-hybridized carbons (Fsp3) is 0.471. The highest BCUT2D eigenvalue weighted by molar-refractivity contribution is 5.93. The zero-order chi connectivity index (χ0) is 16.2. The van der Waals surface area contributed by atoms with Gasteiger partial charge in [-0.1, -0.05) is 12.1 Å². The maximum absolute atomic E-state index is 11.9. The standard InChI is InChI=1S/C17H22O5/c1-19-15-6-5-13(11-14(15)16(18)20-2)12-7-9-17(21-3,22-4)10-8-12/h5-7,11H,8-10H2,1-4H3. The van der Waals surface area contributed by atoms with E-state index in [1.807, 2.05) is 12.1 Å². The van der Waals surface area contributed by atoms with Gasteiger partial charge in [-0.05, 0) is 29.7 Å². The van der Waals surface area contributed by atoms with E-state index in [-0.39, 0.29) is 0 Å². The molecule has 0 radical (unpaired) electrons. The van der Waals surface area contributed by atoms with Crippen LogP contribution in [0.3, 0.4) is 0 Å². The summed E-state index contributed by atoms with van der Waals surface area (Å²) in [6, 6.07) is 5.55. The molecule has 0 aromatic heterocycles. The van der Waals surface area contributed by atoms with E-state index in [0.717, 1.165) is 24.0 Å². The first-order chi connectivity index (χ1) is 10.6. The van der Waals surface area contributed by atoms with E-state index >= 15 is 0 Å². The molecular weight excluding hydrogens is 284 g/mol. The van der Waals surface area contributed by atoms with Crippen LogP contribution in [0.5, 0.6) is 5.75 Å². The van der Waals surface area contributed by atoms with Crippen molar-refractivity contribution in [2.75, 3.05) is 28.4 Å². The van der Waals surface area contributed by atoms with E-state index in [1.54, 1.807) is 20.3 Å². The Morgan fingerprint density at radius 2 is 1.86 bits per heavy atom. The summed E-state index contributed by atoms with van der Waals surface area (Å²) < 4.78 is 21.0. The third-order valence-electron chi connectivity index (χ3n) is 4.15. The summed E-state index contributed by atoms with van der Waals surface area (Å²) in [4.78, 5) is 11.9. The van der Waals surface area contributed by atoms with Gasteiger partial charge < -0.3 is 18.9 Å². The van der Waals surface area contributed by atoms with Gasteiger partial charge in [0, 0.05) is 27.1 Å². The summed E-state index contributed by atoms with van der Waals surface area (Å²) in [5.41, 5.74) is 2.58. The Hall–Kier alpha value is -1.85. The van der Waals surface area contributed by atoms with Crippen molar-refractivity contribution in [3.63, 3.8) is 0 Å². The van der Waals surface area contributed by atoms with E-state index in [4.69, 9.17) is 18.9 Å². The molecule has 5 heteroatoms. The molecule has 0 fully saturated rings. The molecule has 1 aliphatic carbocycles. The van der Waals surface area contributed by atoms with Crippen molar-refractivity contribution in [2.24, 2.45) is 0 Å². The number of esters is 1. The minimum Gasteiger partial charge on any atom is -0.496 e. The van der Waals surface area contributed by atoms with Crippen molar-refractivity contribution in [1.82, 2.24) is 0 Å². The Bertz CT molecular complexity index is 572. The van der Waals surface area contributed by atoms with Crippen LogP contribution in [0.1, 0.15) is 35.2 Å². The molecule has 0 amide bonds. The van der Waals surface area contributed by atoms with Crippen LogP contribution in [0.25, 0.3) is 5.57 Å². The van der Waals surface area contributed by atoms with Gasteiger partial charge in [-0.3, -0.25) is 0 Å². The maximum atomic E-state index is 11.9. The van der Waals surface area contributed by atoms with Crippen LogP contribution in [-0.2, 0) is 14.2 Å². The molecule has 2 rings (SSSR count). The van der Waals surface area contributed by atoms with Crippen LogP contribution < -0.4 is 4.74 Å². The molecule has 0 saturated heterocycles. The fourth-order valence-corrected chi connectivity index (χ4v) is 2.70. The number of allylic oxidation sites excluding steroid dienone is 1. The molecule has 0 heterocycles. The third-order valence-corrected chi connectivity index (χ3v) is 4.15. The van der Waals surface area contributed by atoms with Gasteiger partial charge >= 0.3 is 5.97 Å². The van der Waals surface area contributed by atoms with Gasteiger partial charge in [-0.2, -0.15) is 0 Å². The van der Waals surface area contributed by atoms with Gasteiger partial charge in [-0.25, -0.2) is 4.79 Å². The highest BCUT2D eigenvalue weighted by atomic mass is 16.7. The van der Waals surface area contributed by atoms with Crippen molar-refractivity contribution in [1.29, 1.82) is 0 Å². The summed E-state index contributed by atoms with van der Waals surface area (Å²) in [6.07, 6.45) is 4.36. The molecule has 0 bridgehead atoms. The van der Waals surface area contributed by atoms with Gasteiger partial charge in [0.05, 0.1) is 14.2 Å². The molecule has 22 heavy (non-hydrogen) atoms. The minimum absolute atomic E-state index is 0.404. The fourth-order valence-electron chi connectivity index (χ4n) is 2.70. The molecular formula is C17H22O5. The lowest BCUT2D eigenvalue weighted by Crippen LogP contribution is -2.34. The number of hydrogen-bond acceptors (Lipinski definition) is 5. The Kier molecular flexibility index (Phi) is 5.21. The van der Waals surface area contributed by atoms with E-state index in [2.05, 4.69) is 6.08 Å². The maximum Gasteiger partial charge on any atom is 0.341 e. The van der Waals surface area contributed by atoms with Gasteiger partial charge in [0.2, 0.25) is 0 Å². The molecule has 1 aromatic carbocycles. The van der Waals surface area contributed by atoms with Gasteiger partial charge in [0.25, 0.3) is 0 Å². The van der Waals surface area contributed by atoms with E-state index < -0.39 is 11.8 Å². The highest BCUT2D eigenvalue weighted by Gasteiger charge is 2.32. The number of rotatable bonds is 5. The molecule has 0 saturated carbocycles. The molecule has 120 valence electrons. The van der Waals surface area contributed by atoms with Gasteiger partial charge in [0.1, 0.15) is 11.3 Å². The second-order valence-corrected chi connectivity index (χ2v) is 5.16. The van der Waals surface area contributed by atoms with Crippen LogP contribution >= 0.6 is 0 Å². The first-order valence-electron chi connectivity index (χ1n) is 7.15. The molecule has 5 nitrogen and oxygen atoms in total. The smallest absolute Gasteiger partial charge is 0.341 e. The SMILES string of the molecule is COC(=O)c1cc(C2=CCC(OC)(OC)CC2)ccc1OC. The predicted molar refractivity (Wildman–Crippen MR) is 82.9 cm³/mol. The molecule has 0 spiro atoms. The lowest BCUT2D eigenvalue weighted by atomic mass is 9.89.